The SMILES string of the molecule is CCC(Sc1nc(C)cc(C)n1)C(=O)Nc1ccc(-c2nc3ccc(C)cc3s2)cc1. The molecule has 0 saturated carbocycles. The Labute approximate surface area is 190 Å². The van der Waals surface area contributed by atoms with Gasteiger partial charge in [0.25, 0.3) is 0 Å². The number of aromatic nitrogens is 3. The van der Waals surface area contributed by atoms with Crippen LogP contribution in [0.15, 0.2) is 53.7 Å². The Balaban J connectivity index is 1.46. The Hall–Kier alpha value is -2.77. The maximum absolute atomic E-state index is 12.8. The number of rotatable bonds is 6. The molecule has 0 radical (unpaired) electrons. The van der Waals surface area contributed by atoms with Crippen molar-refractivity contribution in [2.75, 3.05) is 5.32 Å². The van der Waals surface area contributed by atoms with Crippen molar-refractivity contribution in [1.29, 1.82) is 0 Å². The lowest BCUT2D eigenvalue weighted by molar-refractivity contribution is -0.115. The highest BCUT2D eigenvalue weighted by molar-refractivity contribution is 8.00. The van der Waals surface area contributed by atoms with Crippen LogP contribution in [0.2, 0.25) is 0 Å². The zero-order valence-electron chi connectivity index (χ0n) is 18.0. The van der Waals surface area contributed by atoms with Crippen LogP contribution in [0, 0.1) is 20.8 Å². The molecule has 0 spiro atoms. The van der Waals surface area contributed by atoms with Crippen LogP contribution in [0.4, 0.5) is 5.69 Å². The number of hydrogen-bond donors (Lipinski definition) is 1. The number of carbonyl (C=O) groups is 1. The molecule has 1 amide bonds. The minimum Gasteiger partial charge on any atom is -0.325 e. The van der Waals surface area contributed by atoms with Crippen LogP contribution in [-0.2, 0) is 4.79 Å². The summed E-state index contributed by atoms with van der Waals surface area (Å²) in [6, 6.07) is 16.1. The molecule has 1 unspecified atom stereocenters. The molecule has 0 aliphatic rings. The van der Waals surface area contributed by atoms with E-state index in [1.54, 1.807) is 11.3 Å². The van der Waals surface area contributed by atoms with E-state index in [0.717, 1.165) is 33.2 Å². The molecule has 0 fully saturated rings. The van der Waals surface area contributed by atoms with Gasteiger partial charge in [-0.2, -0.15) is 0 Å². The number of hydrogen-bond acceptors (Lipinski definition) is 6. The Morgan fingerprint density at radius 2 is 1.71 bits per heavy atom. The lowest BCUT2D eigenvalue weighted by atomic mass is 10.2. The first kappa shape index (κ1) is 21.5. The fourth-order valence-corrected chi connectivity index (χ4v) is 5.32. The maximum Gasteiger partial charge on any atom is 0.237 e. The number of thiazole rings is 1. The highest BCUT2D eigenvalue weighted by Gasteiger charge is 2.20. The van der Waals surface area contributed by atoms with Crippen molar-refractivity contribution >= 4 is 44.9 Å². The Bertz CT molecular complexity index is 1210. The molecular weight excluding hydrogens is 424 g/mol. The van der Waals surface area contributed by atoms with E-state index in [4.69, 9.17) is 4.98 Å². The summed E-state index contributed by atoms with van der Waals surface area (Å²) >= 11 is 3.09. The third-order valence-corrected chi connectivity index (χ3v) is 7.11. The largest absolute Gasteiger partial charge is 0.325 e. The van der Waals surface area contributed by atoms with Crippen molar-refractivity contribution in [2.24, 2.45) is 0 Å². The van der Waals surface area contributed by atoms with E-state index in [9.17, 15) is 4.79 Å². The molecule has 4 aromatic rings. The normalized spacial score (nSPS) is 12.1. The molecule has 1 atom stereocenters. The second kappa shape index (κ2) is 9.16. The molecule has 1 N–H and O–H groups in total. The predicted molar refractivity (Wildman–Crippen MR) is 130 cm³/mol. The summed E-state index contributed by atoms with van der Waals surface area (Å²) in [5.74, 6) is -0.0431. The van der Waals surface area contributed by atoms with Crippen LogP contribution < -0.4 is 5.32 Å². The van der Waals surface area contributed by atoms with Crippen molar-refractivity contribution in [1.82, 2.24) is 15.0 Å². The number of aryl methyl sites for hydroxylation is 3. The third kappa shape index (κ3) is 5.11. The summed E-state index contributed by atoms with van der Waals surface area (Å²) < 4.78 is 1.18. The van der Waals surface area contributed by atoms with E-state index >= 15 is 0 Å². The highest BCUT2D eigenvalue weighted by Crippen LogP contribution is 2.31. The first-order valence-electron chi connectivity index (χ1n) is 10.2. The minimum absolute atomic E-state index is 0.0431. The number of thioether (sulfide) groups is 1. The molecule has 0 saturated heterocycles. The summed E-state index contributed by atoms with van der Waals surface area (Å²) in [5, 5.41) is 4.39. The molecule has 4 rings (SSSR count). The number of benzene rings is 2. The van der Waals surface area contributed by atoms with Gasteiger partial charge in [-0.15, -0.1) is 11.3 Å². The molecule has 2 aromatic carbocycles. The maximum atomic E-state index is 12.8. The first-order chi connectivity index (χ1) is 14.9. The Morgan fingerprint density at radius 3 is 2.39 bits per heavy atom. The fourth-order valence-electron chi connectivity index (χ4n) is 3.27. The lowest BCUT2D eigenvalue weighted by Crippen LogP contribution is -2.24. The molecule has 31 heavy (non-hydrogen) atoms. The number of nitrogens with zero attached hydrogens (tertiary/aromatic N) is 3. The number of fused-ring (bicyclic) bond motifs is 1. The Morgan fingerprint density at radius 1 is 1.00 bits per heavy atom. The molecule has 2 aromatic heterocycles. The number of nitrogens with one attached hydrogen (secondary N) is 1. The van der Waals surface area contributed by atoms with E-state index in [1.807, 2.05) is 51.1 Å². The van der Waals surface area contributed by atoms with Gasteiger partial charge >= 0.3 is 0 Å². The van der Waals surface area contributed by atoms with Gasteiger partial charge < -0.3 is 5.32 Å². The zero-order chi connectivity index (χ0) is 22.0. The standard InChI is InChI=1S/C24H24N4OS2/c1-5-20(31-24-25-15(3)13-16(4)26-24)22(29)27-18-9-7-17(8-10-18)23-28-19-11-6-14(2)12-21(19)30-23/h6-13,20H,5H2,1-4H3,(H,27,29). The molecule has 0 bridgehead atoms. The lowest BCUT2D eigenvalue weighted by Gasteiger charge is -2.14. The van der Waals surface area contributed by atoms with E-state index in [2.05, 4.69) is 40.4 Å². The van der Waals surface area contributed by atoms with Crippen LogP contribution >= 0.6 is 23.1 Å². The second-order valence-corrected chi connectivity index (χ2v) is 9.71. The fraction of sp³-hybridized carbons (Fsp3) is 0.250. The Kier molecular flexibility index (Phi) is 6.34. The second-order valence-electron chi connectivity index (χ2n) is 7.50. The average molecular weight is 449 g/mol. The van der Waals surface area contributed by atoms with Gasteiger partial charge in [0.2, 0.25) is 5.91 Å². The minimum atomic E-state index is -0.256. The average Bonchev–Trinajstić information content (AvgIpc) is 3.15. The van der Waals surface area contributed by atoms with Gasteiger partial charge in [-0.25, -0.2) is 15.0 Å². The zero-order valence-corrected chi connectivity index (χ0v) is 19.6. The van der Waals surface area contributed by atoms with Crippen molar-refractivity contribution < 1.29 is 4.79 Å². The molecule has 5 nitrogen and oxygen atoms in total. The van der Waals surface area contributed by atoms with Gasteiger partial charge in [0.05, 0.1) is 15.5 Å². The van der Waals surface area contributed by atoms with Crippen molar-refractivity contribution in [3.63, 3.8) is 0 Å². The van der Waals surface area contributed by atoms with Crippen molar-refractivity contribution in [3.05, 3.63) is 65.5 Å². The summed E-state index contributed by atoms with van der Waals surface area (Å²) in [7, 11) is 0. The van der Waals surface area contributed by atoms with E-state index in [-0.39, 0.29) is 11.2 Å². The van der Waals surface area contributed by atoms with Gasteiger partial charge in [0.15, 0.2) is 5.16 Å². The van der Waals surface area contributed by atoms with E-state index in [1.165, 1.54) is 22.0 Å². The topological polar surface area (TPSA) is 67.8 Å². The predicted octanol–water partition coefficient (Wildman–Crippen LogP) is 6.19. The third-order valence-electron chi connectivity index (χ3n) is 4.82. The van der Waals surface area contributed by atoms with E-state index in [0.29, 0.717) is 11.6 Å². The summed E-state index contributed by atoms with van der Waals surface area (Å²) in [4.78, 5) is 26.4. The van der Waals surface area contributed by atoms with E-state index < -0.39 is 0 Å². The summed E-state index contributed by atoms with van der Waals surface area (Å²) in [6.07, 6.45) is 0.691. The summed E-state index contributed by atoms with van der Waals surface area (Å²) in [6.45, 7) is 7.96. The summed E-state index contributed by atoms with van der Waals surface area (Å²) in [5.41, 5.74) is 5.87. The number of carbonyl (C=O) groups excluding carboxylic acids is 1. The van der Waals surface area contributed by atoms with Crippen LogP contribution in [0.25, 0.3) is 20.8 Å². The van der Waals surface area contributed by atoms with Crippen molar-refractivity contribution in [3.8, 4) is 10.6 Å². The van der Waals surface area contributed by atoms with Crippen LogP contribution in [-0.4, -0.2) is 26.1 Å². The van der Waals surface area contributed by atoms with Gasteiger partial charge in [-0.3, -0.25) is 4.79 Å². The molecule has 7 heteroatoms. The molecular formula is C24H24N4OS2. The van der Waals surface area contributed by atoms with Gasteiger partial charge in [0, 0.05) is 22.6 Å². The smallest absolute Gasteiger partial charge is 0.237 e. The van der Waals surface area contributed by atoms with Crippen LogP contribution in [0.5, 0.6) is 0 Å². The molecule has 158 valence electrons. The van der Waals surface area contributed by atoms with Gasteiger partial charge in [-0.05, 0) is 75.2 Å². The molecule has 0 aliphatic heterocycles. The monoisotopic (exact) mass is 448 g/mol. The number of anilines is 1. The quantitative estimate of drug-likeness (QED) is 0.281. The van der Waals surface area contributed by atoms with Gasteiger partial charge in [0.1, 0.15) is 5.01 Å². The molecule has 0 aliphatic carbocycles. The molecule has 2 heterocycles. The van der Waals surface area contributed by atoms with Crippen LogP contribution in [0.3, 0.4) is 0 Å². The van der Waals surface area contributed by atoms with Crippen LogP contribution in [0.1, 0.15) is 30.3 Å². The van der Waals surface area contributed by atoms with Gasteiger partial charge in [-0.1, -0.05) is 24.8 Å². The van der Waals surface area contributed by atoms with Crippen molar-refractivity contribution in [2.45, 2.75) is 44.5 Å². The number of amides is 1. The highest BCUT2D eigenvalue weighted by atomic mass is 32.2. The first-order valence-corrected chi connectivity index (χ1v) is 11.9.